The highest BCUT2D eigenvalue weighted by molar-refractivity contribution is 6.31. The Morgan fingerprint density at radius 1 is 0.844 bits per heavy atom. The second kappa shape index (κ2) is 18.5. The van der Waals surface area contributed by atoms with E-state index < -0.39 is 48.7 Å². The SMILES string of the molecule is CCCCO[C@@H]1[C@@H](OCCCC)[C@](OC)(c2ccc(Cl)c(Cc3ccc(OCC)c(F)c3)c2)OC(CO)(CO)[C@H]1OCCCC. The van der Waals surface area contributed by atoms with Crippen LogP contribution in [0, 0.1) is 5.82 Å². The summed E-state index contributed by atoms with van der Waals surface area (Å²) in [5.41, 5.74) is 0.378. The average molecular weight is 655 g/mol. The van der Waals surface area contributed by atoms with Crippen molar-refractivity contribution < 1.29 is 43.0 Å². The third-order valence-electron chi connectivity index (χ3n) is 8.22. The van der Waals surface area contributed by atoms with Crippen molar-refractivity contribution in [3.63, 3.8) is 0 Å². The number of rotatable bonds is 20. The van der Waals surface area contributed by atoms with Crippen LogP contribution in [0.15, 0.2) is 36.4 Å². The van der Waals surface area contributed by atoms with E-state index in [0.29, 0.717) is 54.6 Å². The van der Waals surface area contributed by atoms with Crippen LogP contribution in [0.3, 0.4) is 0 Å². The van der Waals surface area contributed by atoms with Crippen LogP contribution in [0.2, 0.25) is 5.02 Å². The molecule has 2 aromatic carbocycles. The van der Waals surface area contributed by atoms with E-state index in [9.17, 15) is 14.6 Å². The number of halogens is 2. The Kier molecular flexibility index (Phi) is 15.5. The van der Waals surface area contributed by atoms with Crippen molar-refractivity contribution in [2.75, 3.05) is 46.8 Å². The molecule has 1 heterocycles. The molecule has 0 radical (unpaired) electrons. The highest BCUT2D eigenvalue weighted by Gasteiger charge is 2.64. The summed E-state index contributed by atoms with van der Waals surface area (Å²) in [5, 5.41) is 22.1. The summed E-state index contributed by atoms with van der Waals surface area (Å²) < 4.78 is 52.6. The topological polar surface area (TPSA) is 95.8 Å². The predicted octanol–water partition coefficient (Wildman–Crippen LogP) is 6.58. The Morgan fingerprint density at radius 3 is 2.02 bits per heavy atom. The number of aliphatic hydroxyl groups is 2. The van der Waals surface area contributed by atoms with Gasteiger partial charge in [0.15, 0.2) is 11.6 Å². The molecule has 4 atom stereocenters. The lowest BCUT2D eigenvalue weighted by molar-refractivity contribution is -0.414. The van der Waals surface area contributed by atoms with Crippen molar-refractivity contribution in [3.8, 4) is 5.75 Å². The summed E-state index contributed by atoms with van der Waals surface area (Å²) in [6.45, 7) is 8.51. The second-order valence-corrected chi connectivity index (χ2v) is 11.9. The fourth-order valence-electron chi connectivity index (χ4n) is 5.66. The fourth-order valence-corrected chi connectivity index (χ4v) is 5.84. The van der Waals surface area contributed by atoms with Gasteiger partial charge in [0.05, 0.1) is 19.8 Å². The first-order valence-electron chi connectivity index (χ1n) is 16.3. The summed E-state index contributed by atoms with van der Waals surface area (Å²) in [6.07, 6.45) is 3.00. The van der Waals surface area contributed by atoms with Crippen LogP contribution < -0.4 is 4.74 Å². The van der Waals surface area contributed by atoms with Gasteiger partial charge in [-0.1, -0.05) is 63.8 Å². The number of methoxy groups -OCH3 is 1. The smallest absolute Gasteiger partial charge is 0.225 e. The third kappa shape index (κ3) is 8.96. The summed E-state index contributed by atoms with van der Waals surface area (Å²) in [5.74, 6) is -1.88. The summed E-state index contributed by atoms with van der Waals surface area (Å²) in [4.78, 5) is 0. The molecule has 1 saturated heterocycles. The van der Waals surface area contributed by atoms with Crippen molar-refractivity contribution in [1.29, 1.82) is 0 Å². The Bertz CT molecular complexity index is 1160. The molecule has 0 aliphatic carbocycles. The number of ether oxygens (including phenoxy) is 6. The van der Waals surface area contributed by atoms with Gasteiger partial charge in [-0.05, 0) is 68.0 Å². The van der Waals surface area contributed by atoms with E-state index in [0.717, 1.165) is 38.5 Å². The highest BCUT2D eigenvalue weighted by atomic mass is 35.5. The molecule has 3 rings (SSSR count). The number of unbranched alkanes of at least 4 members (excludes halogenated alkanes) is 3. The molecular weight excluding hydrogens is 603 g/mol. The van der Waals surface area contributed by atoms with E-state index in [1.54, 1.807) is 31.2 Å². The normalized spacial score (nSPS) is 22.9. The molecule has 0 unspecified atom stereocenters. The minimum Gasteiger partial charge on any atom is -0.491 e. The van der Waals surface area contributed by atoms with Crippen LogP contribution in [0.4, 0.5) is 4.39 Å². The maximum atomic E-state index is 14.7. The van der Waals surface area contributed by atoms with Gasteiger partial charge in [-0.15, -0.1) is 0 Å². The zero-order valence-corrected chi connectivity index (χ0v) is 28.2. The molecule has 1 aliphatic rings. The van der Waals surface area contributed by atoms with Crippen LogP contribution in [0.5, 0.6) is 5.75 Å². The predicted molar refractivity (Wildman–Crippen MR) is 172 cm³/mol. The molecule has 8 nitrogen and oxygen atoms in total. The van der Waals surface area contributed by atoms with Crippen LogP contribution in [-0.2, 0) is 35.9 Å². The molecule has 0 amide bonds. The van der Waals surface area contributed by atoms with Crippen LogP contribution in [-0.4, -0.2) is 80.9 Å². The molecule has 0 aromatic heterocycles. The Labute approximate surface area is 273 Å². The number of benzene rings is 2. The molecule has 1 aliphatic heterocycles. The van der Waals surface area contributed by atoms with Gasteiger partial charge < -0.3 is 38.6 Å². The van der Waals surface area contributed by atoms with Crippen molar-refractivity contribution in [3.05, 3.63) is 63.9 Å². The molecule has 10 heteroatoms. The van der Waals surface area contributed by atoms with Gasteiger partial charge in [0.25, 0.3) is 0 Å². The van der Waals surface area contributed by atoms with Crippen LogP contribution in [0.25, 0.3) is 0 Å². The maximum absolute atomic E-state index is 14.7. The quantitative estimate of drug-likeness (QED) is 0.155. The summed E-state index contributed by atoms with van der Waals surface area (Å²) in [7, 11) is 1.51. The van der Waals surface area contributed by atoms with E-state index in [2.05, 4.69) is 20.8 Å². The summed E-state index contributed by atoms with van der Waals surface area (Å²) in [6, 6.07) is 10.2. The zero-order chi connectivity index (χ0) is 32.9. The van der Waals surface area contributed by atoms with E-state index >= 15 is 0 Å². The van der Waals surface area contributed by atoms with Crippen molar-refractivity contribution in [2.45, 2.75) is 102 Å². The lowest BCUT2D eigenvalue weighted by Gasteiger charge is -2.56. The third-order valence-corrected chi connectivity index (χ3v) is 8.59. The number of hydrogen-bond acceptors (Lipinski definition) is 8. The van der Waals surface area contributed by atoms with Crippen molar-refractivity contribution in [2.24, 2.45) is 0 Å². The van der Waals surface area contributed by atoms with Gasteiger partial charge in [0, 0.05) is 37.5 Å². The van der Waals surface area contributed by atoms with E-state index in [4.69, 9.17) is 40.0 Å². The van der Waals surface area contributed by atoms with Gasteiger partial charge in [-0.2, -0.15) is 0 Å². The van der Waals surface area contributed by atoms with Crippen LogP contribution in [0.1, 0.15) is 82.9 Å². The zero-order valence-electron chi connectivity index (χ0n) is 27.5. The molecule has 0 saturated carbocycles. The Hall–Kier alpha value is -1.82. The Morgan fingerprint density at radius 2 is 1.47 bits per heavy atom. The minimum absolute atomic E-state index is 0.191. The van der Waals surface area contributed by atoms with Crippen molar-refractivity contribution in [1.82, 2.24) is 0 Å². The first-order valence-corrected chi connectivity index (χ1v) is 16.7. The summed E-state index contributed by atoms with van der Waals surface area (Å²) >= 11 is 6.70. The average Bonchev–Trinajstić information content (AvgIpc) is 3.04. The number of hydrogen-bond donors (Lipinski definition) is 2. The van der Waals surface area contributed by atoms with E-state index in [1.165, 1.54) is 13.2 Å². The highest BCUT2D eigenvalue weighted by Crippen LogP contribution is 2.47. The lowest BCUT2D eigenvalue weighted by atomic mass is 9.80. The number of aliphatic hydroxyl groups excluding tert-OH is 2. The van der Waals surface area contributed by atoms with E-state index in [1.807, 2.05) is 6.07 Å². The molecule has 0 spiro atoms. The minimum atomic E-state index is -1.62. The van der Waals surface area contributed by atoms with E-state index in [-0.39, 0.29) is 5.75 Å². The first kappa shape index (κ1) is 37.6. The standard InChI is InChI=1S/C35H52ClFO8/c1-6-10-17-42-31-32(43-18-11-7-2)34(23-38,24-39)45-35(40-5,33(31)44-19-12-8-3)27-14-15-28(36)26(22-27)20-25-13-16-30(41-9-4)29(37)21-25/h13-16,21-22,31-33,38-39H,6-12,17-20,23-24H2,1-5H3/t31-,32-,33+,35-/m0/s1. The Balaban J connectivity index is 2.15. The lowest BCUT2D eigenvalue weighted by Crippen LogP contribution is -2.73. The molecule has 1 fully saturated rings. The maximum Gasteiger partial charge on any atom is 0.225 e. The van der Waals surface area contributed by atoms with Gasteiger partial charge in [-0.3, -0.25) is 0 Å². The fraction of sp³-hybridized carbons (Fsp3) is 0.657. The molecule has 2 N–H and O–H groups in total. The van der Waals surface area contributed by atoms with Gasteiger partial charge in [0.1, 0.15) is 23.9 Å². The molecule has 254 valence electrons. The van der Waals surface area contributed by atoms with Gasteiger partial charge in [-0.25, -0.2) is 4.39 Å². The van der Waals surface area contributed by atoms with Crippen molar-refractivity contribution >= 4 is 11.6 Å². The largest absolute Gasteiger partial charge is 0.491 e. The molecular formula is C35H52ClFO8. The molecule has 45 heavy (non-hydrogen) atoms. The van der Waals surface area contributed by atoms with Gasteiger partial charge in [0.2, 0.25) is 5.79 Å². The molecule has 2 aromatic rings. The first-order chi connectivity index (χ1) is 21.8. The van der Waals surface area contributed by atoms with Crippen LogP contribution >= 0.6 is 11.6 Å². The second-order valence-electron chi connectivity index (χ2n) is 11.5. The van der Waals surface area contributed by atoms with Gasteiger partial charge >= 0.3 is 0 Å². The molecule has 0 bridgehead atoms. The monoisotopic (exact) mass is 654 g/mol.